The van der Waals surface area contributed by atoms with E-state index in [1.54, 1.807) is 0 Å². The second kappa shape index (κ2) is 5.40. The van der Waals surface area contributed by atoms with Crippen LogP contribution in [-0.4, -0.2) is 4.57 Å². The molecule has 0 aliphatic heterocycles. The fraction of sp³-hybridized carbons (Fsp3) is 0.300. The standard InChI is InChI=1S/C20H21N/c1-3-9-16(10-4-1)20-19-14-8-7-11-17(19)15-21(20)18-12-5-2-6-13-18/h2,5-8,11-16H,1,3-4,9-10H2. The maximum atomic E-state index is 2.43. The molecule has 0 amide bonds. The van der Waals surface area contributed by atoms with Crippen molar-refractivity contribution in [1.29, 1.82) is 0 Å². The van der Waals surface area contributed by atoms with Gasteiger partial charge in [0.15, 0.2) is 0 Å². The molecular weight excluding hydrogens is 254 g/mol. The third-order valence-corrected chi connectivity index (χ3v) is 4.79. The minimum atomic E-state index is 0.707. The molecule has 1 aliphatic carbocycles. The second-order valence-corrected chi connectivity index (χ2v) is 6.14. The van der Waals surface area contributed by atoms with Gasteiger partial charge in [-0.1, -0.05) is 61.7 Å². The summed E-state index contributed by atoms with van der Waals surface area (Å²) in [6.07, 6.45) is 9.13. The summed E-state index contributed by atoms with van der Waals surface area (Å²) >= 11 is 0. The van der Waals surface area contributed by atoms with Crippen LogP contribution in [-0.2, 0) is 0 Å². The number of hydrogen-bond acceptors (Lipinski definition) is 0. The summed E-state index contributed by atoms with van der Waals surface area (Å²) in [6, 6.07) is 19.6. The monoisotopic (exact) mass is 275 g/mol. The number of para-hydroxylation sites is 1. The molecule has 0 bridgehead atoms. The Bertz CT molecular complexity index is 733. The molecule has 1 nitrogen and oxygen atoms in total. The van der Waals surface area contributed by atoms with Crippen LogP contribution in [0.4, 0.5) is 0 Å². The van der Waals surface area contributed by atoms with Gasteiger partial charge in [-0.25, -0.2) is 0 Å². The van der Waals surface area contributed by atoms with Gasteiger partial charge in [-0.05, 0) is 25.0 Å². The highest BCUT2D eigenvalue weighted by Gasteiger charge is 2.22. The van der Waals surface area contributed by atoms with E-state index in [2.05, 4.69) is 65.4 Å². The molecule has 1 heteroatoms. The van der Waals surface area contributed by atoms with Crippen LogP contribution in [0.2, 0.25) is 0 Å². The smallest absolute Gasteiger partial charge is 0.0452 e. The number of nitrogens with zero attached hydrogens (tertiary/aromatic N) is 1. The van der Waals surface area contributed by atoms with Crippen LogP contribution in [0.1, 0.15) is 43.7 Å². The molecule has 0 spiro atoms. The van der Waals surface area contributed by atoms with Crippen molar-refractivity contribution < 1.29 is 0 Å². The van der Waals surface area contributed by atoms with Crippen molar-refractivity contribution in [2.24, 2.45) is 0 Å². The van der Waals surface area contributed by atoms with Crippen LogP contribution < -0.4 is 0 Å². The summed E-state index contributed by atoms with van der Waals surface area (Å²) in [6.45, 7) is 0. The second-order valence-electron chi connectivity index (χ2n) is 6.14. The molecule has 106 valence electrons. The number of fused-ring (bicyclic) bond motifs is 1. The molecule has 21 heavy (non-hydrogen) atoms. The summed E-state index contributed by atoms with van der Waals surface area (Å²) in [5.74, 6) is 0.707. The maximum Gasteiger partial charge on any atom is 0.0452 e. The molecule has 1 saturated carbocycles. The normalized spacial score (nSPS) is 16.4. The minimum Gasteiger partial charge on any atom is -0.319 e. The van der Waals surface area contributed by atoms with Crippen LogP contribution in [0, 0.1) is 0 Å². The molecule has 3 aromatic rings. The maximum absolute atomic E-state index is 2.43. The summed E-state index contributed by atoms with van der Waals surface area (Å²) < 4.78 is 2.43. The molecule has 1 heterocycles. The van der Waals surface area contributed by atoms with Crippen molar-refractivity contribution in [2.45, 2.75) is 38.0 Å². The lowest BCUT2D eigenvalue weighted by molar-refractivity contribution is 0.435. The predicted octanol–water partition coefficient (Wildman–Crippen LogP) is 5.68. The first-order valence-electron chi connectivity index (χ1n) is 8.09. The topological polar surface area (TPSA) is 4.93 Å². The average Bonchev–Trinajstić information content (AvgIpc) is 2.96. The Morgan fingerprint density at radius 2 is 1.48 bits per heavy atom. The number of rotatable bonds is 2. The fourth-order valence-electron chi connectivity index (χ4n) is 3.78. The van der Waals surface area contributed by atoms with E-state index in [0.717, 1.165) is 0 Å². The van der Waals surface area contributed by atoms with E-state index in [0.29, 0.717) is 5.92 Å². The Kier molecular flexibility index (Phi) is 3.27. The molecule has 0 unspecified atom stereocenters. The Hall–Kier alpha value is -2.02. The van der Waals surface area contributed by atoms with Gasteiger partial charge in [-0.2, -0.15) is 0 Å². The predicted molar refractivity (Wildman–Crippen MR) is 89.1 cm³/mol. The van der Waals surface area contributed by atoms with E-state index in [1.165, 1.54) is 54.3 Å². The van der Waals surface area contributed by atoms with E-state index < -0.39 is 0 Å². The zero-order chi connectivity index (χ0) is 14.1. The van der Waals surface area contributed by atoms with Crippen molar-refractivity contribution in [2.75, 3.05) is 0 Å². The molecular formula is C20H21N. The average molecular weight is 275 g/mol. The van der Waals surface area contributed by atoms with Gasteiger partial charge in [0.2, 0.25) is 0 Å². The Morgan fingerprint density at radius 3 is 2.29 bits per heavy atom. The quantitative estimate of drug-likeness (QED) is 0.567. The van der Waals surface area contributed by atoms with Crippen LogP contribution in [0.25, 0.3) is 16.5 Å². The molecule has 0 atom stereocenters. The highest BCUT2D eigenvalue weighted by molar-refractivity contribution is 5.87. The van der Waals surface area contributed by atoms with E-state index in [9.17, 15) is 0 Å². The van der Waals surface area contributed by atoms with Gasteiger partial charge >= 0.3 is 0 Å². The van der Waals surface area contributed by atoms with Gasteiger partial charge in [-0.15, -0.1) is 0 Å². The molecule has 1 aliphatic rings. The van der Waals surface area contributed by atoms with Crippen molar-refractivity contribution in [3.05, 3.63) is 66.5 Å². The fourth-order valence-corrected chi connectivity index (χ4v) is 3.78. The van der Waals surface area contributed by atoms with Gasteiger partial charge in [0, 0.05) is 34.3 Å². The van der Waals surface area contributed by atoms with Gasteiger partial charge in [-0.3, -0.25) is 0 Å². The zero-order valence-electron chi connectivity index (χ0n) is 12.3. The first-order chi connectivity index (χ1) is 10.4. The third kappa shape index (κ3) is 2.27. The molecule has 1 aromatic heterocycles. The van der Waals surface area contributed by atoms with Crippen LogP contribution in [0.15, 0.2) is 60.8 Å². The van der Waals surface area contributed by atoms with E-state index in [4.69, 9.17) is 0 Å². The highest BCUT2D eigenvalue weighted by Crippen LogP contribution is 2.38. The number of aromatic nitrogens is 1. The molecule has 4 rings (SSSR count). The summed E-state index contributed by atoms with van der Waals surface area (Å²) in [4.78, 5) is 0. The summed E-state index contributed by atoms with van der Waals surface area (Å²) in [5, 5.41) is 2.80. The summed E-state index contributed by atoms with van der Waals surface area (Å²) in [5.41, 5.74) is 2.81. The molecule has 0 radical (unpaired) electrons. The minimum absolute atomic E-state index is 0.707. The van der Waals surface area contributed by atoms with Crippen molar-refractivity contribution in [3.63, 3.8) is 0 Å². The van der Waals surface area contributed by atoms with Crippen LogP contribution in [0.5, 0.6) is 0 Å². The van der Waals surface area contributed by atoms with Gasteiger partial charge in [0.1, 0.15) is 0 Å². The van der Waals surface area contributed by atoms with Crippen molar-refractivity contribution >= 4 is 10.8 Å². The zero-order valence-corrected chi connectivity index (χ0v) is 12.3. The Balaban J connectivity index is 1.92. The third-order valence-electron chi connectivity index (χ3n) is 4.79. The Morgan fingerprint density at radius 1 is 0.762 bits per heavy atom. The van der Waals surface area contributed by atoms with Crippen LogP contribution >= 0.6 is 0 Å². The van der Waals surface area contributed by atoms with E-state index >= 15 is 0 Å². The van der Waals surface area contributed by atoms with Crippen molar-refractivity contribution in [1.82, 2.24) is 4.57 Å². The lowest BCUT2D eigenvalue weighted by Gasteiger charge is -2.24. The van der Waals surface area contributed by atoms with E-state index in [-0.39, 0.29) is 0 Å². The lowest BCUT2D eigenvalue weighted by atomic mass is 9.85. The van der Waals surface area contributed by atoms with Gasteiger partial charge in [0.05, 0.1) is 0 Å². The molecule has 0 saturated heterocycles. The van der Waals surface area contributed by atoms with Gasteiger partial charge in [0.25, 0.3) is 0 Å². The highest BCUT2D eigenvalue weighted by atomic mass is 15.0. The summed E-state index contributed by atoms with van der Waals surface area (Å²) in [7, 11) is 0. The Labute approximate surface area is 126 Å². The number of hydrogen-bond donors (Lipinski definition) is 0. The molecule has 0 N–H and O–H groups in total. The first-order valence-corrected chi connectivity index (χ1v) is 8.09. The number of benzene rings is 2. The SMILES string of the molecule is c1ccc(-n2cc3ccccc3c2C2CCCCC2)cc1. The van der Waals surface area contributed by atoms with Gasteiger partial charge < -0.3 is 4.57 Å². The van der Waals surface area contributed by atoms with Crippen LogP contribution in [0.3, 0.4) is 0 Å². The first kappa shape index (κ1) is 12.7. The molecule has 1 fully saturated rings. The van der Waals surface area contributed by atoms with Crippen molar-refractivity contribution in [3.8, 4) is 5.69 Å². The lowest BCUT2D eigenvalue weighted by Crippen LogP contribution is -2.09. The molecule has 2 aromatic carbocycles. The largest absolute Gasteiger partial charge is 0.319 e. The van der Waals surface area contributed by atoms with E-state index in [1.807, 2.05) is 0 Å².